The average molecular weight is 200 g/mol. The molecule has 0 aliphatic carbocycles. The van der Waals surface area contributed by atoms with Crippen LogP contribution in [0.5, 0.6) is 0 Å². The average Bonchev–Trinajstić information content (AvgIpc) is 2.04. The highest BCUT2D eigenvalue weighted by Gasteiger charge is 2.18. The first-order chi connectivity index (χ1) is 5.63. The van der Waals surface area contributed by atoms with Crippen molar-refractivity contribution in [3.05, 3.63) is 24.3 Å². The van der Waals surface area contributed by atoms with Gasteiger partial charge < -0.3 is 0 Å². The zero-order valence-electron chi connectivity index (χ0n) is 8.31. The summed E-state index contributed by atoms with van der Waals surface area (Å²) in [4.78, 5) is 0. The highest BCUT2D eigenvalue weighted by atomic mass is 31.1. The Morgan fingerprint density at radius 1 is 0.750 bits per heavy atom. The molecule has 0 bridgehead atoms. The molecule has 1 rings (SSSR count). The zero-order chi connectivity index (χ0) is 9.14. The highest BCUT2D eigenvalue weighted by Crippen LogP contribution is 2.29. The third kappa shape index (κ3) is 2.28. The van der Waals surface area contributed by atoms with E-state index in [0.717, 1.165) is 0 Å². The highest BCUT2D eigenvalue weighted by molar-refractivity contribution is 7.70. The molecule has 0 aliphatic rings. The predicted molar refractivity (Wildman–Crippen MR) is 66.0 cm³/mol. The van der Waals surface area contributed by atoms with Crippen molar-refractivity contribution in [2.75, 3.05) is 26.7 Å². The minimum Gasteiger partial charge on any atom is -0.0581 e. The van der Waals surface area contributed by atoms with Crippen LogP contribution in [0.25, 0.3) is 0 Å². The van der Waals surface area contributed by atoms with Crippen LogP contribution in [0.4, 0.5) is 0 Å². The van der Waals surface area contributed by atoms with Crippen LogP contribution in [0.1, 0.15) is 0 Å². The van der Waals surface area contributed by atoms with E-state index in [2.05, 4.69) is 50.9 Å². The van der Waals surface area contributed by atoms with Crippen molar-refractivity contribution in [2.24, 2.45) is 0 Å². The van der Waals surface area contributed by atoms with Crippen LogP contribution in [0, 0.1) is 0 Å². The number of hydrogen-bond acceptors (Lipinski definition) is 0. The van der Waals surface area contributed by atoms with Crippen molar-refractivity contribution in [3.63, 3.8) is 0 Å². The molecule has 66 valence electrons. The maximum atomic E-state index is 2.37. The van der Waals surface area contributed by atoms with Gasteiger partial charge in [-0.25, -0.2) is 0 Å². The maximum absolute atomic E-state index is 2.37. The number of hydrogen-bond donors (Lipinski definition) is 0. The summed E-state index contributed by atoms with van der Waals surface area (Å²) in [5.74, 6) is 0. The molecule has 1 aromatic carbocycles. The molecule has 0 aromatic heterocycles. The molecule has 0 nitrogen and oxygen atoms in total. The van der Waals surface area contributed by atoms with Crippen molar-refractivity contribution in [3.8, 4) is 0 Å². The molecule has 1 aromatic rings. The summed E-state index contributed by atoms with van der Waals surface area (Å²) >= 11 is 0. The van der Waals surface area contributed by atoms with Crippen LogP contribution >= 0.6 is 15.8 Å². The fraction of sp³-hybridized carbons (Fsp3) is 0.400. The van der Waals surface area contributed by atoms with Crippen LogP contribution in [0.3, 0.4) is 0 Å². The summed E-state index contributed by atoms with van der Waals surface area (Å²) in [7, 11) is -0.522. The van der Waals surface area contributed by atoms with Gasteiger partial charge in [0.05, 0.1) is 26.7 Å². The lowest BCUT2D eigenvalue weighted by Gasteiger charge is -2.04. The summed E-state index contributed by atoms with van der Waals surface area (Å²) in [5, 5.41) is 3.28. The Bertz CT molecular complexity index is 227. The summed E-state index contributed by atoms with van der Waals surface area (Å²) in [6.45, 7) is 9.48. The number of rotatable bonds is 2. The lowest BCUT2D eigenvalue weighted by Crippen LogP contribution is -2.19. The SMILES string of the molecule is C[PH+](C)c1ccccc1[PH+](C)C. The van der Waals surface area contributed by atoms with Gasteiger partial charge >= 0.3 is 0 Å². The lowest BCUT2D eigenvalue weighted by atomic mass is 10.4. The fourth-order valence-corrected chi connectivity index (χ4v) is 4.96. The van der Waals surface area contributed by atoms with Crippen LogP contribution in [-0.4, -0.2) is 26.7 Å². The predicted octanol–water partition coefficient (Wildman–Crippen LogP) is 1.88. The van der Waals surface area contributed by atoms with Crippen molar-refractivity contribution < 1.29 is 0 Å². The molecule has 0 amide bonds. The van der Waals surface area contributed by atoms with Gasteiger partial charge in [-0.15, -0.1) is 0 Å². The molecule has 0 unspecified atom stereocenters. The van der Waals surface area contributed by atoms with E-state index in [4.69, 9.17) is 0 Å². The molecule has 0 saturated carbocycles. The smallest absolute Gasteiger partial charge is 0.0581 e. The van der Waals surface area contributed by atoms with Crippen LogP contribution in [0.2, 0.25) is 0 Å². The third-order valence-electron chi connectivity index (χ3n) is 2.00. The quantitative estimate of drug-likeness (QED) is 0.639. The second-order valence-corrected chi connectivity index (χ2v) is 8.62. The molecular weight excluding hydrogens is 182 g/mol. The molecule has 0 saturated heterocycles. The van der Waals surface area contributed by atoms with Gasteiger partial charge in [0.1, 0.15) is 10.6 Å². The van der Waals surface area contributed by atoms with Gasteiger partial charge in [-0.1, -0.05) is 12.1 Å². The molecular formula is C10H18P2+2. The second-order valence-electron chi connectivity index (χ2n) is 3.55. The zero-order valence-corrected chi connectivity index (χ0v) is 10.3. The van der Waals surface area contributed by atoms with Gasteiger partial charge in [0.15, 0.2) is 0 Å². The van der Waals surface area contributed by atoms with Crippen molar-refractivity contribution in [1.82, 2.24) is 0 Å². The Kier molecular flexibility index (Phi) is 3.69. The van der Waals surface area contributed by atoms with Gasteiger partial charge in [-0.3, -0.25) is 0 Å². The van der Waals surface area contributed by atoms with Gasteiger partial charge in [0.2, 0.25) is 0 Å². The Morgan fingerprint density at radius 3 is 1.33 bits per heavy atom. The van der Waals surface area contributed by atoms with Crippen LogP contribution in [-0.2, 0) is 0 Å². The Labute approximate surface area is 77.9 Å². The largest absolute Gasteiger partial charge is 0.132 e. The first-order valence-corrected chi connectivity index (χ1v) is 9.33. The van der Waals surface area contributed by atoms with Crippen LogP contribution < -0.4 is 10.6 Å². The minimum absolute atomic E-state index is 0.261. The summed E-state index contributed by atoms with van der Waals surface area (Å²) in [6, 6.07) is 8.95. The lowest BCUT2D eigenvalue weighted by molar-refractivity contribution is 1.81. The van der Waals surface area contributed by atoms with E-state index in [9.17, 15) is 0 Å². The third-order valence-corrected chi connectivity index (χ3v) is 5.28. The van der Waals surface area contributed by atoms with Crippen molar-refractivity contribution in [1.29, 1.82) is 0 Å². The van der Waals surface area contributed by atoms with Crippen LogP contribution in [0.15, 0.2) is 24.3 Å². The summed E-state index contributed by atoms with van der Waals surface area (Å²) in [5.41, 5.74) is 0. The maximum Gasteiger partial charge on any atom is 0.132 e. The first kappa shape index (κ1) is 10.2. The Morgan fingerprint density at radius 2 is 1.08 bits per heavy atom. The molecule has 0 atom stereocenters. The second kappa shape index (κ2) is 4.35. The summed E-state index contributed by atoms with van der Waals surface area (Å²) in [6.07, 6.45) is 0. The topological polar surface area (TPSA) is 0 Å². The van der Waals surface area contributed by atoms with E-state index in [1.54, 1.807) is 10.6 Å². The monoisotopic (exact) mass is 200 g/mol. The summed E-state index contributed by atoms with van der Waals surface area (Å²) < 4.78 is 0. The van der Waals surface area contributed by atoms with Crippen molar-refractivity contribution in [2.45, 2.75) is 0 Å². The molecule has 0 heterocycles. The Balaban J connectivity index is 3.09. The molecule has 0 N–H and O–H groups in total. The minimum atomic E-state index is -0.261. The van der Waals surface area contributed by atoms with Gasteiger partial charge in [-0.2, -0.15) is 0 Å². The van der Waals surface area contributed by atoms with E-state index >= 15 is 0 Å². The van der Waals surface area contributed by atoms with Gasteiger partial charge in [-0.05, 0) is 12.1 Å². The normalized spacial score (nSPS) is 11.2. The van der Waals surface area contributed by atoms with Gasteiger partial charge in [0, 0.05) is 15.8 Å². The van der Waals surface area contributed by atoms with E-state index in [1.165, 1.54) is 0 Å². The van der Waals surface area contributed by atoms with E-state index < -0.39 is 0 Å². The van der Waals surface area contributed by atoms with Crippen molar-refractivity contribution >= 4 is 26.5 Å². The van der Waals surface area contributed by atoms with Gasteiger partial charge in [0.25, 0.3) is 0 Å². The Hall–Kier alpha value is 0.0800. The molecule has 0 aliphatic heterocycles. The van der Waals surface area contributed by atoms with E-state index in [1.807, 2.05) is 0 Å². The molecule has 12 heavy (non-hydrogen) atoms. The van der Waals surface area contributed by atoms with E-state index in [-0.39, 0.29) is 15.8 Å². The molecule has 0 fully saturated rings. The standard InChI is InChI=1S/C10H16P2/c1-11(2)9-7-5-6-8-10(9)12(3)4/h5-8H,1-4H3/p+2. The first-order valence-electron chi connectivity index (χ1n) is 4.33. The molecule has 0 radical (unpaired) electrons. The number of benzene rings is 1. The molecule has 0 spiro atoms. The molecule has 2 heteroatoms. The fourth-order valence-electron chi connectivity index (χ4n) is 1.36. The van der Waals surface area contributed by atoms with E-state index in [0.29, 0.717) is 0 Å².